The molecule has 0 saturated carbocycles. The van der Waals surface area contributed by atoms with E-state index >= 15 is 0 Å². The molecule has 0 unspecified atom stereocenters. The number of hydrogen-bond acceptors (Lipinski definition) is 11. The molecular formula is C14H10N2Na2O12S4. The Morgan fingerprint density at radius 2 is 1.26 bits per heavy atom. The number of benzene rings is 2. The molecule has 34 heavy (non-hydrogen) atoms. The summed E-state index contributed by atoms with van der Waals surface area (Å²) in [5.41, 5.74) is -2.66. The second-order valence-corrected chi connectivity index (χ2v) is 11.6. The van der Waals surface area contributed by atoms with E-state index in [0.29, 0.717) is 0 Å². The molecule has 1 aromatic heterocycles. The van der Waals surface area contributed by atoms with Crippen molar-refractivity contribution < 1.29 is 111 Å². The van der Waals surface area contributed by atoms with Gasteiger partial charge in [0.05, 0.1) is 11.0 Å². The predicted octanol–water partition coefficient (Wildman–Crippen LogP) is -6.54. The number of aromatic nitrogens is 2. The minimum Gasteiger partial charge on any atom is -0.744 e. The van der Waals surface area contributed by atoms with Crippen molar-refractivity contribution in [2.45, 2.75) is 26.3 Å². The fourth-order valence-electron chi connectivity index (χ4n) is 3.02. The molecular weight excluding hydrogens is 562 g/mol. The molecule has 0 aliphatic heterocycles. The summed E-state index contributed by atoms with van der Waals surface area (Å²) in [5.74, 6) is 0. The van der Waals surface area contributed by atoms with Gasteiger partial charge in [0.15, 0.2) is 10.1 Å². The summed E-state index contributed by atoms with van der Waals surface area (Å²) in [6.07, 6.45) is -0.614. The average Bonchev–Trinajstić information content (AvgIpc) is 3.04. The van der Waals surface area contributed by atoms with Crippen molar-refractivity contribution in [1.29, 1.82) is 0 Å². The molecule has 2 aromatic carbocycles. The molecule has 3 rings (SSSR count). The van der Waals surface area contributed by atoms with Gasteiger partial charge in [-0.1, -0.05) is 30.3 Å². The van der Waals surface area contributed by atoms with Gasteiger partial charge in [-0.2, -0.15) is 16.8 Å². The smallest absolute Gasteiger partial charge is 0.744 e. The summed E-state index contributed by atoms with van der Waals surface area (Å²) >= 11 is 0. The van der Waals surface area contributed by atoms with E-state index in [4.69, 9.17) is 0 Å². The van der Waals surface area contributed by atoms with Gasteiger partial charge in [0.2, 0.25) is 5.16 Å². The first kappa shape index (κ1) is 31.6. The molecule has 14 nitrogen and oxygen atoms in total. The summed E-state index contributed by atoms with van der Waals surface area (Å²) < 4.78 is 137. The number of nitrogens with one attached hydrogen (secondary N) is 1. The van der Waals surface area contributed by atoms with Gasteiger partial charge in [-0.25, -0.2) is 21.8 Å². The van der Waals surface area contributed by atoms with Crippen LogP contribution in [-0.4, -0.2) is 61.9 Å². The predicted molar refractivity (Wildman–Crippen MR) is 101 cm³/mol. The third kappa shape index (κ3) is 6.45. The molecule has 20 heteroatoms. The fourth-order valence-corrected chi connectivity index (χ4v) is 7.01. The number of H-pyrrole nitrogens is 1. The molecule has 0 fully saturated rings. The van der Waals surface area contributed by atoms with Crippen LogP contribution in [0.3, 0.4) is 0 Å². The van der Waals surface area contributed by atoms with Crippen molar-refractivity contribution in [2.24, 2.45) is 0 Å². The molecule has 0 aliphatic rings. The minimum absolute atomic E-state index is 0. The number of hydrogen-bond donors (Lipinski definition) is 3. The van der Waals surface area contributed by atoms with Crippen molar-refractivity contribution in [3.63, 3.8) is 0 Å². The van der Waals surface area contributed by atoms with E-state index in [1.54, 1.807) is 11.1 Å². The topological polar surface area (TPSA) is 252 Å². The Labute approximate surface area is 237 Å². The van der Waals surface area contributed by atoms with Crippen LogP contribution in [0, 0.1) is 0 Å². The van der Waals surface area contributed by atoms with E-state index in [2.05, 4.69) is 4.98 Å². The van der Waals surface area contributed by atoms with Crippen molar-refractivity contribution in [2.75, 3.05) is 0 Å². The third-order valence-corrected chi connectivity index (χ3v) is 7.83. The largest absolute Gasteiger partial charge is 1.00 e. The normalized spacial score (nSPS) is 12.7. The molecule has 0 bridgehead atoms. The van der Waals surface area contributed by atoms with E-state index in [-0.39, 0.29) is 64.7 Å². The maximum atomic E-state index is 12.1. The van der Waals surface area contributed by atoms with Crippen LogP contribution >= 0.6 is 0 Å². The summed E-state index contributed by atoms with van der Waals surface area (Å²) in [6.45, 7) is 0. The Morgan fingerprint density at radius 3 is 1.68 bits per heavy atom. The Bertz CT molecular complexity index is 1680. The quantitative estimate of drug-likeness (QED) is 0.184. The molecule has 3 aromatic rings. The van der Waals surface area contributed by atoms with E-state index in [0.717, 1.165) is 0 Å². The molecule has 3 N–H and O–H groups in total. The summed E-state index contributed by atoms with van der Waals surface area (Å²) in [7, 11) is -23.0. The van der Waals surface area contributed by atoms with Gasteiger partial charge < -0.3 is 14.1 Å². The van der Waals surface area contributed by atoms with Gasteiger partial charge in [-0.3, -0.25) is 9.11 Å². The van der Waals surface area contributed by atoms with Crippen molar-refractivity contribution in [1.82, 2.24) is 9.97 Å². The van der Waals surface area contributed by atoms with Crippen LogP contribution in [0.2, 0.25) is 0 Å². The standard InChI is InChI=1S/C14H12N2O12S4.2Na/c17-29(18,19)11-8(6-7-4-2-1-3-5-7)9-10(16-14(15-9)32(26,27)28)12(30(20,21)22)13(11)31(23,24)25;;/h1-5H,6H2,(H,15,16)(H,17,18,19)(H,20,21,22)(H,23,24,25)(H,26,27,28);;/q;2*+1/p-2. The van der Waals surface area contributed by atoms with Gasteiger partial charge in [0.1, 0.15) is 24.8 Å². The summed E-state index contributed by atoms with van der Waals surface area (Å²) in [6, 6.07) is 7.28. The van der Waals surface area contributed by atoms with Crippen LogP contribution in [-0.2, 0) is 46.9 Å². The van der Waals surface area contributed by atoms with Crippen LogP contribution in [0.15, 0.2) is 50.2 Å². The fraction of sp³-hybridized carbons (Fsp3) is 0.0714. The zero-order chi connectivity index (χ0) is 24.3. The average molecular weight is 572 g/mol. The number of fused-ring (bicyclic) bond motifs is 1. The molecule has 0 atom stereocenters. The van der Waals surface area contributed by atoms with Crippen LogP contribution in [0.5, 0.6) is 0 Å². The Balaban J connectivity index is 0.00000289. The number of imidazole rings is 1. The first-order valence-electron chi connectivity index (χ1n) is 7.91. The zero-order valence-corrected chi connectivity index (χ0v) is 24.4. The summed E-state index contributed by atoms with van der Waals surface area (Å²) in [5, 5.41) is -1.47. The van der Waals surface area contributed by atoms with Crippen molar-refractivity contribution >= 4 is 51.5 Å². The SMILES string of the molecule is O=S(=O)([O-])c1nc2c(Cc3ccccc3)c(S(=O)(=O)O)c(S(=O)(=O)O)c(S(=O)(=O)[O-])c2[nH]1.[Na+].[Na+]. The van der Waals surface area contributed by atoms with Gasteiger partial charge in [0, 0.05) is 12.0 Å². The monoisotopic (exact) mass is 572 g/mol. The molecule has 0 radical (unpaired) electrons. The molecule has 0 spiro atoms. The Morgan fingerprint density at radius 1 is 0.765 bits per heavy atom. The maximum absolute atomic E-state index is 12.1. The molecule has 0 aliphatic carbocycles. The molecule has 0 amide bonds. The van der Waals surface area contributed by atoms with Gasteiger partial charge in [0.25, 0.3) is 20.2 Å². The van der Waals surface area contributed by atoms with E-state index in [9.17, 15) is 51.9 Å². The van der Waals surface area contributed by atoms with Crippen LogP contribution in [0.4, 0.5) is 0 Å². The second-order valence-electron chi connectivity index (χ2n) is 6.25. The van der Waals surface area contributed by atoms with Crippen molar-refractivity contribution in [3.05, 3.63) is 41.5 Å². The molecule has 0 saturated heterocycles. The minimum atomic E-state index is -5.98. The molecule has 1 heterocycles. The van der Waals surface area contributed by atoms with Crippen LogP contribution < -0.4 is 59.1 Å². The second kappa shape index (κ2) is 10.5. The van der Waals surface area contributed by atoms with Crippen molar-refractivity contribution in [3.8, 4) is 0 Å². The number of nitrogens with zero attached hydrogens (tertiary/aromatic N) is 1. The number of rotatable bonds is 6. The maximum Gasteiger partial charge on any atom is 1.00 e. The van der Waals surface area contributed by atoms with Gasteiger partial charge in [-0.05, 0) is 5.56 Å². The Hall–Kier alpha value is -0.450. The first-order chi connectivity index (χ1) is 14.4. The van der Waals surface area contributed by atoms with Crippen LogP contribution in [0.25, 0.3) is 11.0 Å². The van der Waals surface area contributed by atoms with Crippen LogP contribution in [0.1, 0.15) is 11.1 Å². The number of aromatic amines is 1. The van der Waals surface area contributed by atoms with Gasteiger partial charge in [-0.15, -0.1) is 0 Å². The third-order valence-electron chi connectivity index (χ3n) is 4.11. The summed E-state index contributed by atoms with van der Waals surface area (Å²) in [4.78, 5) is -0.654. The molecule has 174 valence electrons. The van der Waals surface area contributed by atoms with Gasteiger partial charge >= 0.3 is 59.1 Å². The van der Waals surface area contributed by atoms with E-state index < -0.39 is 83.3 Å². The zero-order valence-electron chi connectivity index (χ0n) is 17.2. The van der Waals surface area contributed by atoms with E-state index in [1.165, 1.54) is 24.3 Å². The first-order valence-corrected chi connectivity index (χ1v) is 13.6. The van der Waals surface area contributed by atoms with E-state index in [1.807, 2.05) is 0 Å². The Kier molecular flexibility index (Phi) is 9.75.